The first-order valence-electron chi connectivity index (χ1n) is 11.2. The summed E-state index contributed by atoms with van der Waals surface area (Å²) < 4.78 is 18.7. The van der Waals surface area contributed by atoms with Crippen molar-refractivity contribution in [3.63, 3.8) is 0 Å². The fourth-order valence-electron chi connectivity index (χ4n) is 2.70. The maximum absolute atomic E-state index is 6.23. The van der Waals surface area contributed by atoms with Crippen molar-refractivity contribution in [2.45, 2.75) is 111 Å². The van der Waals surface area contributed by atoms with Gasteiger partial charge in [0.1, 0.15) is 0 Å². The van der Waals surface area contributed by atoms with Crippen molar-refractivity contribution in [2.75, 3.05) is 26.9 Å². The Labute approximate surface area is 165 Å². The summed E-state index contributed by atoms with van der Waals surface area (Å²) in [4.78, 5) is 0. The lowest BCUT2D eigenvalue weighted by molar-refractivity contribution is 0.0564. The first-order valence-corrected chi connectivity index (χ1v) is 13.2. The molecule has 0 amide bonds. The molecule has 0 bridgehead atoms. The minimum absolute atomic E-state index is 0.796. The molecule has 5 heteroatoms. The third-order valence-electron chi connectivity index (χ3n) is 4.39. The molecule has 0 aliphatic heterocycles. The van der Waals surface area contributed by atoms with Crippen LogP contribution in [-0.2, 0) is 13.3 Å². The molecule has 0 heterocycles. The standard InChI is InChI=1S/C20H44O3Si.CH5N/c1-5-9-12-15-18-21-24(8-4,22-19-16-13-10-6-2)23-20-17-14-11-7-3;1-2/h5-20H2,1-4H3;2H2,1H3. The number of hydrogen-bond donors (Lipinski definition) is 1. The van der Waals surface area contributed by atoms with E-state index < -0.39 is 8.80 Å². The van der Waals surface area contributed by atoms with Gasteiger partial charge in [-0.1, -0.05) is 85.5 Å². The van der Waals surface area contributed by atoms with Gasteiger partial charge in [-0.2, -0.15) is 0 Å². The normalized spacial score (nSPS) is 11.3. The third-order valence-corrected chi connectivity index (χ3v) is 7.19. The Bertz CT molecular complexity index is 219. The Morgan fingerprint density at radius 1 is 0.500 bits per heavy atom. The predicted octanol–water partition coefficient (Wildman–Crippen LogP) is 6.31. The van der Waals surface area contributed by atoms with Gasteiger partial charge >= 0.3 is 8.80 Å². The first kappa shape index (κ1) is 28.3. The molecule has 0 saturated carbocycles. The summed E-state index contributed by atoms with van der Waals surface area (Å²) >= 11 is 0. The van der Waals surface area contributed by atoms with Crippen LogP contribution in [0.15, 0.2) is 0 Å². The second kappa shape index (κ2) is 23.1. The predicted molar refractivity (Wildman–Crippen MR) is 117 cm³/mol. The third kappa shape index (κ3) is 17.5. The summed E-state index contributed by atoms with van der Waals surface area (Å²) in [6.45, 7) is 11.3. The van der Waals surface area contributed by atoms with Crippen molar-refractivity contribution >= 4 is 8.80 Å². The molecule has 0 rings (SSSR count). The van der Waals surface area contributed by atoms with Crippen LogP contribution in [0.25, 0.3) is 0 Å². The summed E-state index contributed by atoms with van der Waals surface area (Å²) in [5.41, 5.74) is 4.50. The minimum atomic E-state index is -2.45. The molecule has 0 fully saturated rings. The molecule has 0 aliphatic carbocycles. The Morgan fingerprint density at radius 3 is 1.04 bits per heavy atom. The van der Waals surface area contributed by atoms with Gasteiger partial charge in [0.25, 0.3) is 0 Å². The maximum Gasteiger partial charge on any atom is 0.500 e. The largest absolute Gasteiger partial charge is 0.500 e. The van der Waals surface area contributed by atoms with E-state index in [-0.39, 0.29) is 0 Å². The minimum Gasteiger partial charge on any atom is -0.373 e. The molecule has 0 aromatic carbocycles. The zero-order valence-electron chi connectivity index (χ0n) is 18.6. The van der Waals surface area contributed by atoms with E-state index in [4.69, 9.17) is 13.3 Å². The molecule has 26 heavy (non-hydrogen) atoms. The zero-order valence-corrected chi connectivity index (χ0v) is 19.6. The van der Waals surface area contributed by atoms with E-state index in [2.05, 4.69) is 33.4 Å². The number of nitrogens with two attached hydrogens (primary N) is 1. The van der Waals surface area contributed by atoms with Gasteiger partial charge in [0.2, 0.25) is 0 Å². The highest BCUT2D eigenvalue weighted by atomic mass is 28.4. The molecule has 2 N–H and O–H groups in total. The summed E-state index contributed by atoms with van der Waals surface area (Å²) in [5.74, 6) is 0. The first-order chi connectivity index (χ1) is 12.7. The zero-order chi connectivity index (χ0) is 19.9. The Hall–Kier alpha value is 0.0569. The van der Waals surface area contributed by atoms with Crippen LogP contribution in [-0.4, -0.2) is 35.7 Å². The monoisotopic (exact) mass is 391 g/mol. The molecular formula is C21H49NO3Si. The number of unbranched alkanes of at least 4 members (excludes halogenated alkanes) is 9. The van der Waals surface area contributed by atoms with Gasteiger partial charge in [0.05, 0.1) is 0 Å². The topological polar surface area (TPSA) is 53.7 Å². The molecule has 160 valence electrons. The van der Waals surface area contributed by atoms with Gasteiger partial charge in [-0.3, -0.25) is 0 Å². The Balaban J connectivity index is 0. The molecular weight excluding hydrogens is 342 g/mol. The lowest BCUT2D eigenvalue weighted by Crippen LogP contribution is -2.46. The van der Waals surface area contributed by atoms with Crippen molar-refractivity contribution in [2.24, 2.45) is 5.73 Å². The average Bonchev–Trinajstić information content (AvgIpc) is 2.68. The molecule has 4 nitrogen and oxygen atoms in total. The van der Waals surface area contributed by atoms with Gasteiger partial charge in [0.15, 0.2) is 0 Å². The second-order valence-corrected chi connectivity index (χ2v) is 9.70. The van der Waals surface area contributed by atoms with E-state index in [1.807, 2.05) is 0 Å². The van der Waals surface area contributed by atoms with Crippen LogP contribution in [0, 0.1) is 0 Å². The van der Waals surface area contributed by atoms with Gasteiger partial charge in [-0.15, -0.1) is 0 Å². The summed E-state index contributed by atoms with van der Waals surface area (Å²) in [6.07, 6.45) is 14.8. The molecule has 0 aromatic heterocycles. The van der Waals surface area contributed by atoms with Crippen molar-refractivity contribution in [3.05, 3.63) is 0 Å². The quantitative estimate of drug-likeness (QED) is 0.207. The smallest absolute Gasteiger partial charge is 0.373 e. The van der Waals surface area contributed by atoms with Gasteiger partial charge in [-0.05, 0) is 26.3 Å². The lowest BCUT2D eigenvalue weighted by atomic mass is 10.2. The highest BCUT2D eigenvalue weighted by Crippen LogP contribution is 2.18. The average molecular weight is 392 g/mol. The fraction of sp³-hybridized carbons (Fsp3) is 1.00. The van der Waals surface area contributed by atoms with E-state index in [1.165, 1.54) is 64.8 Å². The van der Waals surface area contributed by atoms with Crippen molar-refractivity contribution in [3.8, 4) is 0 Å². The summed E-state index contributed by atoms with van der Waals surface area (Å²) in [5, 5.41) is 0. The second-order valence-electron chi connectivity index (χ2n) is 6.76. The van der Waals surface area contributed by atoms with Crippen LogP contribution >= 0.6 is 0 Å². The summed E-state index contributed by atoms with van der Waals surface area (Å²) in [6, 6.07) is 0.891. The van der Waals surface area contributed by atoms with Gasteiger partial charge in [-0.25, -0.2) is 0 Å². The Kier molecular flexibility index (Phi) is 25.1. The van der Waals surface area contributed by atoms with Crippen molar-refractivity contribution in [1.82, 2.24) is 0 Å². The van der Waals surface area contributed by atoms with E-state index in [9.17, 15) is 0 Å². The Morgan fingerprint density at radius 2 is 0.808 bits per heavy atom. The fourth-order valence-corrected chi connectivity index (χ4v) is 4.93. The molecule has 0 atom stereocenters. The molecule has 0 radical (unpaired) electrons. The molecule has 0 aliphatic rings. The summed E-state index contributed by atoms with van der Waals surface area (Å²) in [7, 11) is -0.950. The van der Waals surface area contributed by atoms with Crippen LogP contribution in [0.2, 0.25) is 6.04 Å². The van der Waals surface area contributed by atoms with Crippen LogP contribution in [0.5, 0.6) is 0 Å². The van der Waals surface area contributed by atoms with E-state index in [1.54, 1.807) is 0 Å². The maximum atomic E-state index is 6.23. The van der Waals surface area contributed by atoms with Crippen LogP contribution < -0.4 is 5.73 Å². The van der Waals surface area contributed by atoms with E-state index >= 15 is 0 Å². The van der Waals surface area contributed by atoms with Crippen molar-refractivity contribution in [1.29, 1.82) is 0 Å². The van der Waals surface area contributed by atoms with Gasteiger partial charge < -0.3 is 19.0 Å². The van der Waals surface area contributed by atoms with E-state index in [0.29, 0.717) is 0 Å². The molecule has 0 aromatic rings. The highest BCUT2D eigenvalue weighted by molar-refractivity contribution is 6.60. The van der Waals surface area contributed by atoms with E-state index in [0.717, 1.165) is 45.1 Å². The molecule has 0 spiro atoms. The van der Waals surface area contributed by atoms with Crippen molar-refractivity contribution < 1.29 is 13.3 Å². The molecule has 0 unspecified atom stereocenters. The van der Waals surface area contributed by atoms with Crippen LogP contribution in [0.4, 0.5) is 0 Å². The van der Waals surface area contributed by atoms with Crippen LogP contribution in [0.3, 0.4) is 0 Å². The van der Waals surface area contributed by atoms with Crippen LogP contribution in [0.1, 0.15) is 105 Å². The van der Waals surface area contributed by atoms with Gasteiger partial charge in [0, 0.05) is 25.9 Å². The number of hydrogen-bond acceptors (Lipinski definition) is 4. The SMILES string of the molecule is CCCCCCO[Si](CC)(OCCCCCC)OCCCCCC.CN. The molecule has 0 saturated heterocycles. The number of rotatable bonds is 19. The lowest BCUT2D eigenvalue weighted by Gasteiger charge is -2.29. The highest BCUT2D eigenvalue weighted by Gasteiger charge is 2.38.